The molecule has 1 aliphatic heterocycles. The summed E-state index contributed by atoms with van der Waals surface area (Å²) in [5.41, 5.74) is 0. The lowest BCUT2D eigenvalue weighted by atomic mass is 9.95. The molecule has 0 spiro atoms. The molecular weight excluding hydrogens is 270 g/mol. The van der Waals surface area contributed by atoms with Crippen molar-refractivity contribution in [2.45, 2.75) is 26.8 Å². The number of likely N-dealkylation sites (tertiary alicyclic amines) is 1. The van der Waals surface area contributed by atoms with Crippen LogP contribution in [-0.4, -0.2) is 60.2 Å². The van der Waals surface area contributed by atoms with Gasteiger partial charge in [0.2, 0.25) is 17.7 Å². The van der Waals surface area contributed by atoms with Gasteiger partial charge in [0.15, 0.2) is 0 Å². The number of nitrogens with one attached hydrogen (secondary N) is 1. The minimum Gasteiger partial charge on any atom is -0.355 e. The van der Waals surface area contributed by atoms with Gasteiger partial charge in [-0.05, 0) is 18.9 Å². The number of carbonyl (C=O) groups excluding carboxylic acids is 3. The molecule has 0 unspecified atom stereocenters. The Bertz CT molecular complexity index is 428. The molecular formula is C15H25N3O3. The van der Waals surface area contributed by atoms with Crippen molar-refractivity contribution in [2.24, 2.45) is 11.8 Å². The van der Waals surface area contributed by atoms with Gasteiger partial charge in [0, 0.05) is 26.7 Å². The van der Waals surface area contributed by atoms with E-state index in [2.05, 4.69) is 11.9 Å². The lowest BCUT2D eigenvalue weighted by molar-refractivity contribution is -0.151. The predicted octanol–water partition coefficient (Wildman–Crippen LogP) is 0.250. The summed E-state index contributed by atoms with van der Waals surface area (Å²) in [7, 11) is 1.65. The second-order valence-electron chi connectivity index (χ2n) is 5.68. The van der Waals surface area contributed by atoms with E-state index in [0.717, 1.165) is 0 Å². The van der Waals surface area contributed by atoms with Crippen LogP contribution in [0.5, 0.6) is 0 Å². The standard InChI is InChI=1S/C15H25N3O3/c1-6-12(19)18-8-11(9-18)15(21)17(5)13(10(3)4)14(20)16-7-2/h6,10-11,13H,1,7-9H2,2-5H3,(H,16,20)/t13-/m0/s1. The summed E-state index contributed by atoms with van der Waals surface area (Å²) in [6.45, 7) is 10.4. The summed E-state index contributed by atoms with van der Waals surface area (Å²) in [6.07, 6.45) is 1.25. The lowest BCUT2D eigenvalue weighted by Crippen LogP contribution is -2.59. The second kappa shape index (κ2) is 7.24. The third-order valence-electron chi connectivity index (χ3n) is 3.73. The molecule has 1 atom stereocenters. The van der Waals surface area contributed by atoms with Gasteiger partial charge in [0.25, 0.3) is 0 Å². The van der Waals surface area contributed by atoms with E-state index in [1.807, 2.05) is 20.8 Å². The Labute approximate surface area is 126 Å². The van der Waals surface area contributed by atoms with Gasteiger partial charge in [-0.25, -0.2) is 0 Å². The topological polar surface area (TPSA) is 69.7 Å². The summed E-state index contributed by atoms with van der Waals surface area (Å²) < 4.78 is 0. The monoisotopic (exact) mass is 295 g/mol. The number of nitrogens with zero attached hydrogens (tertiary/aromatic N) is 2. The zero-order valence-electron chi connectivity index (χ0n) is 13.3. The summed E-state index contributed by atoms with van der Waals surface area (Å²) in [6, 6.07) is -0.485. The highest BCUT2D eigenvalue weighted by Crippen LogP contribution is 2.21. The SMILES string of the molecule is C=CC(=O)N1CC(C(=O)N(C)[C@H](C(=O)NCC)C(C)C)C1. The van der Waals surface area contributed by atoms with E-state index in [-0.39, 0.29) is 29.6 Å². The van der Waals surface area contributed by atoms with E-state index in [9.17, 15) is 14.4 Å². The highest BCUT2D eigenvalue weighted by molar-refractivity contribution is 5.92. The van der Waals surface area contributed by atoms with Crippen LogP contribution in [0.15, 0.2) is 12.7 Å². The number of hydrogen-bond acceptors (Lipinski definition) is 3. The summed E-state index contributed by atoms with van der Waals surface area (Å²) in [5, 5.41) is 2.76. The Balaban J connectivity index is 2.66. The fourth-order valence-corrected chi connectivity index (χ4v) is 2.57. The normalized spacial score (nSPS) is 16.1. The van der Waals surface area contributed by atoms with Crippen molar-refractivity contribution >= 4 is 17.7 Å². The van der Waals surface area contributed by atoms with Crippen molar-refractivity contribution in [3.8, 4) is 0 Å². The summed E-state index contributed by atoms with van der Waals surface area (Å²) in [5.74, 6) is -0.591. The molecule has 118 valence electrons. The number of amides is 3. The molecule has 0 saturated carbocycles. The Morgan fingerprint density at radius 1 is 1.38 bits per heavy atom. The molecule has 0 aromatic carbocycles. The molecule has 0 aromatic rings. The number of likely N-dealkylation sites (N-methyl/N-ethyl adjacent to an activating group) is 2. The van der Waals surface area contributed by atoms with Gasteiger partial charge in [-0.15, -0.1) is 0 Å². The van der Waals surface area contributed by atoms with Gasteiger partial charge in [0.1, 0.15) is 6.04 Å². The molecule has 0 aromatic heterocycles. The fourth-order valence-electron chi connectivity index (χ4n) is 2.57. The molecule has 0 bridgehead atoms. The van der Waals surface area contributed by atoms with Crippen molar-refractivity contribution in [1.82, 2.24) is 15.1 Å². The maximum atomic E-state index is 12.4. The first-order valence-corrected chi connectivity index (χ1v) is 7.29. The van der Waals surface area contributed by atoms with Gasteiger partial charge in [-0.2, -0.15) is 0 Å². The number of rotatable bonds is 6. The second-order valence-corrected chi connectivity index (χ2v) is 5.68. The molecule has 3 amide bonds. The number of hydrogen-bond donors (Lipinski definition) is 1. The van der Waals surface area contributed by atoms with Crippen molar-refractivity contribution in [3.05, 3.63) is 12.7 Å². The van der Waals surface area contributed by atoms with Crippen LogP contribution in [0.3, 0.4) is 0 Å². The first-order valence-electron chi connectivity index (χ1n) is 7.29. The largest absolute Gasteiger partial charge is 0.355 e. The van der Waals surface area contributed by atoms with Gasteiger partial charge in [0.05, 0.1) is 5.92 Å². The fraction of sp³-hybridized carbons (Fsp3) is 0.667. The zero-order valence-corrected chi connectivity index (χ0v) is 13.3. The molecule has 21 heavy (non-hydrogen) atoms. The van der Waals surface area contributed by atoms with E-state index in [1.54, 1.807) is 11.9 Å². The van der Waals surface area contributed by atoms with Crippen LogP contribution >= 0.6 is 0 Å². The molecule has 1 rings (SSSR count). The van der Waals surface area contributed by atoms with E-state index in [1.165, 1.54) is 11.0 Å². The molecule has 1 saturated heterocycles. The molecule has 0 radical (unpaired) electrons. The Morgan fingerprint density at radius 3 is 2.38 bits per heavy atom. The van der Waals surface area contributed by atoms with Gasteiger partial charge in [-0.1, -0.05) is 20.4 Å². The van der Waals surface area contributed by atoms with Crippen LogP contribution in [-0.2, 0) is 14.4 Å². The van der Waals surface area contributed by atoms with E-state index in [4.69, 9.17) is 0 Å². The Hall–Kier alpha value is -1.85. The predicted molar refractivity (Wildman–Crippen MR) is 80.3 cm³/mol. The van der Waals surface area contributed by atoms with Gasteiger partial charge >= 0.3 is 0 Å². The third-order valence-corrected chi connectivity index (χ3v) is 3.73. The highest BCUT2D eigenvalue weighted by atomic mass is 16.2. The van der Waals surface area contributed by atoms with Gasteiger partial charge < -0.3 is 15.1 Å². The molecule has 0 aliphatic carbocycles. The highest BCUT2D eigenvalue weighted by Gasteiger charge is 2.39. The van der Waals surface area contributed by atoms with Crippen LogP contribution in [0.2, 0.25) is 0 Å². The maximum Gasteiger partial charge on any atom is 0.246 e. The molecule has 1 fully saturated rings. The van der Waals surface area contributed by atoms with Crippen LogP contribution in [0, 0.1) is 11.8 Å². The van der Waals surface area contributed by atoms with Gasteiger partial charge in [-0.3, -0.25) is 14.4 Å². The molecule has 6 nitrogen and oxygen atoms in total. The van der Waals surface area contributed by atoms with Crippen LogP contribution < -0.4 is 5.32 Å². The average Bonchev–Trinajstić information content (AvgIpc) is 2.36. The summed E-state index contributed by atoms with van der Waals surface area (Å²) >= 11 is 0. The van der Waals surface area contributed by atoms with Crippen molar-refractivity contribution in [3.63, 3.8) is 0 Å². The maximum absolute atomic E-state index is 12.4. The average molecular weight is 295 g/mol. The summed E-state index contributed by atoms with van der Waals surface area (Å²) in [4.78, 5) is 39.0. The molecule has 6 heteroatoms. The number of carbonyl (C=O) groups is 3. The zero-order chi connectivity index (χ0) is 16.2. The minimum absolute atomic E-state index is 0.0245. The quantitative estimate of drug-likeness (QED) is 0.714. The van der Waals surface area contributed by atoms with E-state index < -0.39 is 6.04 Å². The molecule has 1 N–H and O–H groups in total. The third kappa shape index (κ3) is 3.83. The lowest BCUT2D eigenvalue weighted by Gasteiger charge is -2.41. The van der Waals surface area contributed by atoms with E-state index >= 15 is 0 Å². The van der Waals surface area contributed by atoms with E-state index in [0.29, 0.717) is 19.6 Å². The Kier molecular flexibility index (Phi) is 5.93. The smallest absolute Gasteiger partial charge is 0.246 e. The Morgan fingerprint density at radius 2 is 1.95 bits per heavy atom. The van der Waals surface area contributed by atoms with Crippen molar-refractivity contribution in [1.29, 1.82) is 0 Å². The first kappa shape index (κ1) is 17.2. The van der Waals surface area contributed by atoms with Crippen LogP contribution in [0.25, 0.3) is 0 Å². The van der Waals surface area contributed by atoms with Crippen LogP contribution in [0.1, 0.15) is 20.8 Å². The molecule has 1 heterocycles. The molecule has 1 aliphatic rings. The first-order chi connectivity index (χ1) is 9.83. The van der Waals surface area contributed by atoms with Crippen molar-refractivity contribution in [2.75, 3.05) is 26.7 Å². The minimum atomic E-state index is -0.485. The van der Waals surface area contributed by atoms with Crippen molar-refractivity contribution < 1.29 is 14.4 Å². The van der Waals surface area contributed by atoms with Crippen LogP contribution in [0.4, 0.5) is 0 Å².